The molecule has 17 heavy (non-hydrogen) atoms. The zero-order valence-electron chi connectivity index (χ0n) is 9.63. The van der Waals surface area contributed by atoms with Crippen LogP contribution in [-0.4, -0.2) is 21.9 Å². The van der Waals surface area contributed by atoms with Crippen LogP contribution in [0.2, 0.25) is 0 Å². The number of benzene rings is 1. The van der Waals surface area contributed by atoms with Crippen molar-refractivity contribution < 1.29 is 10.0 Å². The highest BCUT2D eigenvalue weighted by Gasteiger charge is 2.10. The van der Waals surface area contributed by atoms with Gasteiger partial charge in [0.25, 0.3) is 5.69 Å². The number of aliphatic hydroxyl groups excluding tert-OH is 1. The number of anilines is 1. The van der Waals surface area contributed by atoms with E-state index in [0.717, 1.165) is 5.56 Å². The lowest BCUT2D eigenvalue weighted by Crippen LogP contribution is -2.01. The summed E-state index contributed by atoms with van der Waals surface area (Å²) >= 11 is 1.63. The van der Waals surface area contributed by atoms with E-state index in [1.807, 2.05) is 6.92 Å². The number of non-ortho nitro benzene ring substituents is 1. The van der Waals surface area contributed by atoms with Crippen LogP contribution in [0, 0.1) is 10.1 Å². The SMILES string of the molecule is CC(CCO)SCc1cc([N+](=O)[O-])ccc1N. The van der Waals surface area contributed by atoms with Gasteiger partial charge in [-0.2, -0.15) is 11.8 Å². The van der Waals surface area contributed by atoms with Crippen molar-refractivity contribution in [2.45, 2.75) is 24.3 Å². The largest absolute Gasteiger partial charge is 0.398 e. The number of nitrogens with two attached hydrogens (primary N) is 1. The first kappa shape index (κ1) is 13.8. The summed E-state index contributed by atoms with van der Waals surface area (Å²) in [4.78, 5) is 10.2. The summed E-state index contributed by atoms with van der Waals surface area (Å²) in [6, 6.07) is 4.47. The molecule has 1 aromatic carbocycles. The fourth-order valence-electron chi connectivity index (χ4n) is 1.33. The molecule has 5 nitrogen and oxygen atoms in total. The predicted octanol–water partition coefficient (Wildman–Crippen LogP) is 2.18. The molecule has 0 aliphatic carbocycles. The number of thioether (sulfide) groups is 1. The first-order chi connectivity index (χ1) is 8.04. The van der Waals surface area contributed by atoms with E-state index in [1.165, 1.54) is 12.1 Å². The summed E-state index contributed by atoms with van der Waals surface area (Å²) in [5.41, 5.74) is 7.17. The first-order valence-electron chi connectivity index (χ1n) is 5.30. The second kappa shape index (κ2) is 6.46. The molecule has 0 fully saturated rings. The van der Waals surface area contributed by atoms with Crippen molar-refractivity contribution >= 4 is 23.1 Å². The Hall–Kier alpha value is -1.27. The number of nitrogens with zero attached hydrogens (tertiary/aromatic N) is 1. The number of nitro groups is 1. The third-order valence-electron chi connectivity index (χ3n) is 2.40. The predicted molar refractivity (Wildman–Crippen MR) is 70.0 cm³/mol. The van der Waals surface area contributed by atoms with Crippen LogP contribution in [0.5, 0.6) is 0 Å². The Bertz CT molecular complexity index is 398. The van der Waals surface area contributed by atoms with Crippen molar-refractivity contribution in [3.05, 3.63) is 33.9 Å². The van der Waals surface area contributed by atoms with Gasteiger partial charge in [-0.25, -0.2) is 0 Å². The van der Waals surface area contributed by atoms with Crippen molar-refractivity contribution in [1.82, 2.24) is 0 Å². The van der Waals surface area contributed by atoms with Crippen molar-refractivity contribution in [1.29, 1.82) is 0 Å². The highest BCUT2D eigenvalue weighted by molar-refractivity contribution is 7.99. The van der Waals surface area contributed by atoms with Gasteiger partial charge < -0.3 is 10.8 Å². The summed E-state index contributed by atoms with van der Waals surface area (Å²) in [5.74, 6) is 0.620. The smallest absolute Gasteiger partial charge is 0.269 e. The third kappa shape index (κ3) is 4.24. The van der Waals surface area contributed by atoms with Gasteiger partial charge in [0, 0.05) is 35.4 Å². The maximum absolute atomic E-state index is 10.6. The maximum atomic E-state index is 10.6. The zero-order chi connectivity index (χ0) is 12.8. The quantitative estimate of drug-likeness (QED) is 0.462. The number of nitrogen functional groups attached to an aromatic ring is 1. The molecule has 0 aliphatic heterocycles. The standard InChI is InChI=1S/C11H16N2O3S/c1-8(4-5-14)17-7-9-6-10(13(15)16)2-3-11(9)12/h2-3,6,8,14H,4-5,7,12H2,1H3. The van der Waals surface area contributed by atoms with Crippen LogP contribution in [0.3, 0.4) is 0 Å². The molecule has 0 bridgehead atoms. The minimum atomic E-state index is -0.426. The molecule has 0 heterocycles. The van der Waals surface area contributed by atoms with Gasteiger partial charge in [0.05, 0.1) is 4.92 Å². The number of nitro benzene ring substituents is 1. The Labute approximate surface area is 104 Å². The van der Waals surface area contributed by atoms with Crippen LogP contribution in [-0.2, 0) is 5.75 Å². The molecule has 1 atom stereocenters. The monoisotopic (exact) mass is 256 g/mol. The van der Waals surface area contributed by atoms with Crippen LogP contribution < -0.4 is 5.73 Å². The highest BCUT2D eigenvalue weighted by Crippen LogP contribution is 2.26. The van der Waals surface area contributed by atoms with Gasteiger partial charge in [0.2, 0.25) is 0 Å². The van der Waals surface area contributed by atoms with E-state index in [2.05, 4.69) is 0 Å². The average molecular weight is 256 g/mol. The van der Waals surface area contributed by atoms with Crippen molar-refractivity contribution in [2.24, 2.45) is 0 Å². The molecule has 0 saturated heterocycles. The van der Waals surface area contributed by atoms with E-state index in [-0.39, 0.29) is 12.3 Å². The van der Waals surface area contributed by atoms with Crippen LogP contribution >= 0.6 is 11.8 Å². The Morgan fingerprint density at radius 1 is 1.59 bits per heavy atom. The Morgan fingerprint density at radius 2 is 2.29 bits per heavy atom. The maximum Gasteiger partial charge on any atom is 0.269 e. The van der Waals surface area contributed by atoms with Gasteiger partial charge in [0.1, 0.15) is 0 Å². The Balaban J connectivity index is 2.69. The second-order valence-electron chi connectivity index (χ2n) is 3.77. The van der Waals surface area contributed by atoms with E-state index in [1.54, 1.807) is 17.8 Å². The summed E-state index contributed by atoms with van der Waals surface area (Å²) in [6.45, 7) is 2.16. The number of aliphatic hydroxyl groups is 1. The lowest BCUT2D eigenvalue weighted by atomic mass is 10.2. The molecule has 0 amide bonds. The van der Waals surface area contributed by atoms with Crippen LogP contribution in [0.15, 0.2) is 18.2 Å². The molecule has 1 rings (SSSR count). The van der Waals surface area contributed by atoms with E-state index in [9.17, 15) is 10.1 Å². The second-order valence-corrected chi connectivity index (χ2v) is 5.20. The molecule has 0 aromatic heterocycles. The molecule has 0 saturated carbocycles. The van der Waals surface area contributed by atoms with Gasteiger partial charge >= 0.3 is 0 Å². The van der Waals surface area contributed by atoms with Crippen LogP contribution in [0.4, 0.5) is 11.4 Å². The van der Waals surface area contributed by atoms with Crippen LogP contribution in [0.25, 0.3) is 0 Å². The third-order valence-corrected chi connectivity index (χ3v) is 3.68. The number of rotatable bonds is 6. The van der Waals surface area contributed by atoms with Gasteiger partial charge in [-0.3, -0.25) is 10.1 Å². The molecule has 94 valence electrons. The fourth-order valence-corrected chi connectivity index (χ4v) is 2.31. The minimum absolute atomic E-state index is 0.0598. The van der Waals surface area contributed by atoms with Gasteiger partial charge in [-0.1, -0.05) is 6.92 Å². The summed E-state index contributed by atoms with van der Waals surface area (Å²) in [6.07, 6.45) is 0.708. The summed E-state index contributed by atoms with van der Waals surface area (Å²) < 4.78 is 0. The van der Waals surface area contributed by atoms with Crippen molar-refractivity contribution in [2.75, 3.05) is 12.3 Å². The van der Waals surface area contributed by atoms with Gasteiger partial charge in [0.15, 0.2) is 0 Å². The van der Waals surface area contributed by atoms with Crippen molar-refractivity contribution in [3.8, 4) is 0 Å². The van der Waals surface area contributed by atoms with Crippen LogP contribution in [0.1, 0.15) is 18.9 Å². The Kier molecular flexibility index (Phi) is 5.24. The van der Waals surface area contributed by atoms with E-state index < -0.39 is 4.92 Å². The molecule has 0 radical (unpaired) electrons. The lowest BCUT2D eigenvalue weighted by molar-refractivity contribution is -0.384. The summed E-state index contributed by atoms with van der Waals surface area (Å²) in [5, 5.41) is 19.7. The Morgan fingerprint density at radius 3 is 2.88 bits per heavy atom. The minimum Gasteiger partial charge on any atom is -0.398 e. The molecule has 6 heteroatoms. The first-order valence-corrected chi connectivity index (χ1v) is 6.34. The molecule has 3 N–H and O–H groups in total. The molecule has 0 spiro atoms. The average Bonchev–Trinajstić information content (AvgIpc) is 2.28. The normalized spacial score (nSPS) is 12.4. The molecular formula is C11H16N2O3S. The van der Waals surface area contributed by atoms with Gasteiger partial charge in [-0.15, -0.1) is 0 Å². The van der Waals surface area contributed by atoms with E-state index in [0.29, 0.717) is 23.1 Å². The summed E-state index contributed by atoms with van der Waals surface area (Å²) in [7, 11) is 0. The van der Waals surface area contributed by atoms with E-state index >= 15 is 0 Å². The molecule has 1 unspecified atom stereocenters. The molecule has 0 aliphatic rings. The fraction of sp³-hybridized carbons (Fsp3) is 0.455. The van der Waals surface area contributed by atoms with E-state index in [4.69, 9.17) is 10.8 Å². The number of hydrogen-bond donors (Lipinski definition) is 2. The van der Waals surface area contributed by atoms with Crippen molar-refractivity contribution in [3.63, 3.8) is 0 Å². The lowest BCUT2D eigenvalue weighted by Gasteiger charge is -2.10. The number of hydrogen-bond acceptors (Lipinski definition) is 5. The molecular weight excluding hydrogens is 240 g/mol. The highest BCUT2D eigenvalue weighted by atomic mass is 32.2. The zero-order valence-corrected chi connectivity index (χ0v) is 10.4. The van der Waals surface area contributed by atoms with Gasteiger partial charge in [-0.05, 0) is 18.1 Å². The molecule has 1 aromatic rings. The topological polar surface area (TPSA) is 89.4 Å².